The lowest BCUT2D eigenvalue weighted by Crippen LogP contribution is -2.53. The Morgan fingerprint density at radius 1 is 1.09 bits per heavy atom. The van der Waals surface area contributed by atoms with Crippen LogP contribution in [0.4, 0.5) is 14.0 Å². The van der Waals surface area contributed by atoms with Gasteiger partial charge in [-0.15, -0.1) is 0 Å². The Morgan fingerprint density at radius 2 is 1.73 bits per heavy atom. The second kappa shape index (κ2) is 8.21. The number of nitrogens with one attached hydrogen (secondary N) is 1. The maximum absolute atomic E-state index is 12.0. The summed E-state index contributed by atoms with van der Waals surface area (Å²) >= 11 is 0. The van der Waals surface area contributed by atoms with Crippen molar-refractivity contribution < 1.29 is 18.7 Å². The highest BCUT2D eigenvalue weighted by Crippen LogP contribution is 2.07. The number of hydrogen-bond donors (Lipinski definition) is 1. The standard InChI is InChI=1S/C15H20FN3O3/c16-6-7-17-14(20)18-8-10-19(11-9-18)15(21)22-12-13-4-2-1-3-5-13/h1-5H,6-12H2,(H,17,20). The highest BCUT2D eigenvalue weighted by Gasteiger charge is 2.24. The van der Waals surface area contributed by atoms with Crippen LogP contribution in [0, 0.1) is 0 Å². The van der Waals surface area contributed by atoms with Crippen molar-refractivity contribution in [1.82, 2.24) is 15.1 Å². The van der Waals surface area contributed by atoms with Crippen LogP contribution in [-0.2, 0) is 11.3 Å². The summed E-state index contributed by atoms with van der Waals surface area (Å²) in [6.45, 7) is 1.32. The number of urea groups is 1. The predicted octanol–water partition coefficient (Wildman–Crippen LogP) is 1.62. The van der Waals surface area contributed by atoms with E-state index in [0.29, 0.717) is 26.2 Å². The Labute approximate surface area is 128 Å². The minimum absolute atomic E-state index is 0.0121. The number of amides is 3. The molecule has 0 saturated carbocycles. The molecule has 7 heteroatoms. The van der Waals surface area contributed by atoms with Crippen LogP contribution >= 0.6 is 0 Å². The van der Waals surface area contributed by atoms with Gasteiger partial charge in [-0.2, -0.15) is 0 Å². The largest absolute Gasteiger partial charge is 0.445 e. The number of rotatable bonds is 4. The number of hydrogen-bond acceptors (Lipinski definition) is 3. The van der Waals surface area contributed by atoms with E-state index in [-0.39, 0.29) is 25.3 Å². The molecule has 0 bridgehead atoms. The van der Waals surface area contributed by atoms with Crippen LogP contribution in [0.15, 0.2) is 30.3 Å². The van der Waals surface area contributed by atoms with Crippen LogP contribution in [0.25, 0.3) is 0 Å². The average molecular weight is 309 g/mol. The van der Waals surface area contributed by atoms with Crippen molar-refractivity contribution in [2.45, 2.75) is 6.61 Å². The Kier molecular flexibility index (Phi) is 6.00. The topological polar surface area (TPSA) is 61.9 Å². The molecule has 1 saturated heterocycles. The van der Waals surface area contributed by atoms with Crippen LogP contribution in [0.3, 0.4) is 0 Å². The number of halogens is 1. The van der Waals surface area contributed by atoms with Crippen LogP contribution in [0.1, 0.15) is 5.56 Å². The number of carbonyl (C=O) groups excluding carboxylic acids is 2. The van der Waals surface area contributed by atoms with Gasteiger partial charge in [-0.1, -0.05) is 30.3 Å². The SMILES string of the molecule is O=C(NCCF)N1CCN(C(=O)OCc2ccccc2)CC1. The van der Waals surface area contributed by atoms with Gasteiger partial charge in [-0.25, -0.2) is 14.0 Å². The third-order valence-corrected chi connectivity index (χ3v) is 3.40. The fourth-order valence-electron chi connectivity index (χ4n) is 2.17. The summed E-state index contributed by atoms with van der Waals surface area (Å²) in [5, 5.41) is 2.47. The molecule has 0 unspecified atom stereocenters. The molecule has 0 radical (unpaired) electrons. The van der Waals surface area contributed by atoms with Crippen LogP contribution in [-0.4, -0.2) is 61.3 Å². The maximum Gasteiger partial charge on any atom is 0.410 e. The van der Waals surface area contributed by atoms with Crippen LogP contribution in [0.2, 0.25) is 0 Å². The van der Waals surface area contributed by atoms with Gasteiger partial charge in [0, 0.05) is 32.7 Å². The molecule has 1 aliphatic rings. The number of carbonyl (C=O) groups is 2. The zero-order chi connectivity index (χ0) is 15.8. The van der Waals surface area contributed by atoms with E-state index < -0.39 is 6.67 Å². The fourth-order valence-corrected chi connectivity index (χ4v) is 2.17. The number of benzene rings is 1. The first-order valence-electron chi connectivity index (χ1n) is 7.25. The minimum atomic E-state index is -0.586. The number of nitrogens with zero attached hydrogens (tertiary/aromatic N) is 2. The van der Waals surface area contributed by atoms with Crippen molar-refractivity contribution in [2.75, 3.05) is 39.4 Å². The van der Waals surface area contributed by atoms with Gasteiger partial charge in [-0.3, -0.25) is 0 Å². The fraction of sp³-hybridized carbons (Fsp3) is 0.467. The Morgan fingerprint density at radius 3 is 2.36 bits per heavy atom. The monoisotopic (exact) mass is 309 g/mol. The summed E-state index contributed by atoms with van der Waals surface area (Å²) < 4.78 is 17.3. The molecule has 0 aromatic heterocycles. The van der Waals surface area contributed by atoms with E-state index in [1.165, 1.54) is 0 Å². The number of alkyl halides is 1. The number of piperazine rings is 1. The van der Waals surface area contributed by atoms with E-state index in [4.69, 9.17) is 4.74 Å². The highest BCUT2D eigenvalue weighted by atomic mass is 19.1. The zero-order valence-electron chi connectivity index (χ0n) is 12.3. The van der Waals surface area contributed by atoms with Gasteiger partial charge in [0.05, 0.1) is 0 Å². The third kappa shape index (κ3) is 4.61. The van der Waals surface area contributed by atoms with Gasteiger partial charge in [0.15, 0.2) is 0 Å². The summed E-state index contributed by atoms with van der Waals surface area (Å²) in [5.41, 5.74) is 0.931. The molecule has 120 valence electrons. The van der Waals surface area contributed by atoms with Crippen molar-refractivity contribution >= 4 is 12.1 Å². The van der Waals surface area contributed by atoms with Gasteiger partial charge < -0.3 is 19.9 Å². The van der Waals surface area contributed by atoms with Crippen molar-refractivity contribution in [3.8, 4) is 0 Å². The smallest absolute Gasteiger partial charge is 0.410 e. The molecule has 1 heterocycles. The van der Waals surface area contributed by atoms with Crippen molar-refractivity contribution in [1.29, 1.82) is 0 Å². The van der Waals surface area contributed by atoms with Crippen LogP contribution in [0.5, 0.6) is 0 Å². The third-order valence-electron chi connectivity index (χ3n) is 3.40. The normalized spacial score (nSPS) is 14.6. The van der Waals surface area contributed by atoms with E-state index >= 15 is 0 Å². The average Bonchev–Trinajstić information content (AvgIpc) is 2.58. The summed E-state index contributed by atoms with van der Waals surface area (Å²) in [6, 6.07) is 9.16. The number of ether oxygens (including phenoxy) is 1. The molecule has 0 atom stereocenters. The van der Waals surface area contributed by atoms with E-state index in [2.05, 4.69) is 5.32 Å². The molecular weight excluding hydrogens is 289 g/mol. The molecule has 0 aliphatic carbocycles. The summed E-state index contributed by atoms with van der Waals surface area (Å²) in [5.74, 6) is 0. The molecule has 1 aliphatic heterocycles. The molecule has 0 spiro atoms. The van der Waals surface area contributed by atoms with E-state index in [9.17, 15) is 14.0 Å². The summed E-state index contributed by atoms with van der Waals surface area (Å²) in [7, 11) is 0. The molecule has 1 N–H and O–H groups in total. The first-order valence-corrected chi connectivity index (χ1v) is 7.25. The van der Waals surface area contributed by atoms with E-state index in [1.54, 1.807) is 9.80 Å². The minimum Gasteiger partial charge on any atom is -0.445 e. The Bertz CT molecular complexity index is 490. The van der Waals surface area contributed by atoms with E-state index in [0.717, 1.165) is 5.56 Å². The highest BCUT2D eigenvalue weighted by molar-refractivity contribution is 5.75. The second-order valence-corrected chi connectivity index (χ2v) is 4.94. The molecule has 3 amide bonds. The molecule has 1 aromatic rings. The molecule has 22 heavy (non-hydrogen) atoms. The first kappa shape index (κ1) is 16.1. The summed E-state index contributed by atoms with van der Waals surface area (Å²) in [4.78, 5) is 26.8. The Hall–Kier alpha value is -2.31. The van der Waals surface area contributed by atoms with E-state index in [1.807, 2.05) is 30.3 Å². The molecule has 6 nitrogen and oxygen atoms in total. The lowest BCUT2D eigenvalue weighted by Gasteiger charge is -2.34. The van der Waals surface area contributed by atoms with Gasteiger partial charge >= 0.3 is 12.1 Å². The maximum atomic E-state index is 12.0. The molecular formula is C15H20FN3O3. The van der Waals surface area contributed by atoms with Gasteiger partial charge in [-0.05, 0) is 5.56 Å². The van der Waals surface area contributed by atoms with Gasteiger partial charge in [0.25, 0.3) is 0 Å². The molecule has 1 aromatic carbocycles. The van der Waals surface area contributed by atoms with Crippen molar-refractivity contribution in [3.05, 3.63) is 35.9 Å². The lowest BCUT2D eigenvalue weighted by atomic mass is 10.2. The van der Waals surface area contributed by atoms with Gasteiger partial charge in [0.2, 0.25) is 0 Å². The van der Waals surface area contributed by atoms with Gasteiger partial charge in [0.1, 0.15) is 13.3 Å². The first-order chi connectivity index (χ1) is 10.7. The predicted molar refractivity (Wildman–Crippen MR) is 79.1 cm³/mol. The summed E-state index contributed by atoms with van der Waals surface area (Å²) in [6.07, 6.45) is -0.382. The quantitative estimate of drug-likeness (QED) is 0.919. The molecule has 2 rings (SSSR count). The second-order valence-electron chi connectivity index (χ2n) is 4.94. The Balaban J connectivity index is 1.72. The zero-order valence-corrected chi connectivity index (χ0v) is 12.3. The molecule has 1 fully saturated rings. The van der Waals surface area contributed by atoms with Crippen molar-refractivity contribution in [3.63, 3.8) is 0 Å². The van der Waals surface area contributed by atoms with Crippen molar-refractivity contribution in [2.24, 2.45) is 0 Å². The lowest BCUT2D eigenvalue weighted by molar-refractivity contribution is 0.0768. The van der Waals surface area contributed by atoms with Crippen LogP contribution < -0.4 is 5.32 Å².